The van der Waals surface area contributed by atoms with Crippen LogP contribution >= 0.6 is 0 Å². The Morgan fingerprint density at radius 1 is 1.43 bits per heavy atom. The number of esters is 1. The standard InChI is InChI=1S/C15H23N3O3/c1-5-21-15(20)11-7-6-8-12(13(11)16)18(4)9-10(2)14(19)17-3/h6-8,10H,5,9,16H2,1-4H3,(H,17,19). The van der Waals surface area contributed by atoms with Gasteiger partial charge in [-0.15, -0.1) is 0 Å². The van der Waals surface area contributed by atoms with E-state index in [0.29, 0.717) is 30.1 Å². The van der Waals surface area contributed by atoms with E-state index in [1.54, 1.807) is 26.1 Å². The maximum atomic E-state index is 11.8. The van der Waals surface area contributed by atoms with Gasteiger partial charge in [-0.05, 0) is 19.1 Å². The lowest BCUT2D eigenvalue weighted by Crippen LogP contribution is -2.34. The normalized spacial score (nSPS) is 11.6. The minimum absolute atomic E-state index is 0.0398. The maximum Gasteiger partial charge on any atom is 0.340 e. The van der Waals surface area contributed by atoms with E-state index in [0.717, 1.165) is 0 Å². The highest BCUT2D eigenvalue weighted by Crippen LogP contribution is 2.27. The molecule has 116 valence electrons. The Hall–Kier alpha value is -2.24. The Labute approximate surface area is 125 Å². The van der Waals surface area contributed by atoms with Crippen molar-refractivity contribution in [1.82, 2.24) is 5.32 Å². The Kier molecular flexibility index (Phi) is 6.02. The summed E-state index contributed by atoms with van der Waals surface area (Å²) in [6.07, 6.45) is 0. The monoisotopic (exact) mass is 293 g/mol. The van der Waals surface area contributed by atoms with Gasteiger partial charge >= 0.3 is 5.97 Å². The SMILES string of the molecule is CCOC(=O)c1cccc(N(C)CC(C)C(=O)NC)c1N. The highest BCUT2D eigenvalue weighted by molar-refractivity contribution is 5.98. The average molecular weight is 293 g/mol. The number of carbonyl (C=O) groups is 2. The number of nitrogens with one attached hydrogen (secondary N) is 1. The Balaban J connectivity index is 2.95. The molecule has 0 aliphatic rings. The molecule has 1 unspecified atom stereocenters. The molecule has 0 bridgehead atoms. The van der Waals surface area contributed by atoms with Crippen molar-refractivity contribution in [2.24, 2.45) is 5.92 Å². The molecule has 1 amide bonds. The van der Waals surface area contributed by atoms with E-state index >= 15 is 0 Å². The summed E-state index contributed by atoms with van der Waals surface area (Å²) in [4.78, 5) is 25.3. The smallest absolute Gasteiger partial charge is 0.340 e. The molecule has 0 radical (unpaired) electrons. The zero-order valence-electron chi connectivity index (χ0n) is 13.0. The molecule has 3 N–H and O–H groups in total. The van der Waals surface area contributed by atoms with Crippen molar-refractivity contribution in [3.8, 4) is 0 Å². The van der Waals surface area contributed by atoms with Crippen LogP contribution in [0.25, 0.3) is 0 Å². The van der Waals surface area contributed by atoms with Crippen LogP contribution < -0.4 is 16.0 Å². The minimum atomic E-state index is -0.440. The largest absolute Gasteiger partial charge is 0.462 e. The zero-order valence-corrected chi connectivity index (χ0v) is 13.0. The van der Waals surface area contributed by atoms with Gasteiger partial charge in [0.15, 0.2) is 0 Å². The van der Waals surface area contributed by atoms with Crippen LogP contribution in [0, 0.1) is 5.92 Å². The number of hydrogen-bond acceptors (Lipinski definition) is 5. The fourth-order valence-electron chi connectivity index (χ4n) is 2.11. The topological polar surface area (TPSA) is 84.7 Å². The maximum absolute atomic E-state index is 11.8. The van der Waals surface area contributed by atoms with Crippen LogP contribution in [0.4, 0.5) is 11.4 Å². The van der Waals surface area contributed by atoms with Crippen molar-refractivity contribution in [3.63, 3.8) is 0 Å². The quantitative estimate of drug-likeness (QED) is 0.609. The van der Waals surface area contributed by atoms with E-state index in [1.165, 1.54) is 0 Å². The highest BCUT2D eigenvalue weighted by Gasteiger charge is 2.18. The number of amides is 1. The van der Waals surface area contributed by atoms with E-state index < -0.39 is 5.97 Å². The van der Waals surface area contributed by atoms with Gasteiger partial charge < -0.3 is 20.7 Å². The summed E-state index contributed by atoms with van der Waals surface area (Å²) < 4.78 is 4.98. The molecule has 6 heteroatoms. The van der Waals surface area contributed by atoms with Gasteiger partial charge in [0, 0.05) is 20.6 Å². The first kappa shape index (κ1) is 16.8. The molecule has 1 atom stereocenters. The number of anilines is 2. The van der Waals surface area contributed by atoms with E-state index in [4.69, 9.17) is 10.5 Å². The number of carbonyl (C=O) groups excluding carboxylic acids is 2. The number of ether oxygens (including phenoxy) is 1. The van der Waals surface area contributed by atoms with Crippen LogP contribution in [0.3, 0.4) is 0 Å². The molecule has 0 fully saturated rings. The van der Waals surface area contributed by atoms with Crippen LogP contribution in [0.5, 0.6) is 0 Å². The summed E-state index contributed by atoms with van der Waals surface area (Å²) in [6.45, 7) is 4.37. The van der Waals surface area contributed by atoms with Crippen molar-refractivity contribution < 1.29 is 14.3 Å². The van der Waals surface area contributed by atoms with E-state index in [2.05, 4.69) is 5.32 Å². The van der Waals surface area contributed by atoms with Crippen LogP contribution in [0.15, 0.2) is 18.2 Å². The van der Waals surface area contributed by atoms with Crippen LogP contribution in [0.2, 0.25) is 0 Å². The number of nitrogen functional groups attached to an aromatic ring is 1. The van der Waals surface area contributed by atoms with Crippen LogP contribution in [0.1, 0.15) is 24.2 Å². The van der Waals surface area contributed by atoms with Gasteiger partial charge in [0.2, 0.25) is 5.91 Å². The third kappa shape index (κ3) is 4.11. The predicted octanol–water partition coefficient (Wildman–Crippen LogP) is 1.26. The van der Waals surface area contributed by atoms with Crippen molar-refractivity contribution in [1.29, 1.82) is 0 Å². The third-order valence-corrected chi connectivity index (χ3v) is 3.23. The number of benzene rings is 1. The Morgan fingerprint density at radius 2 is 2.10 bits per heavy atom. The number of hydrogen-bond donors (Lipinski definition) is 2. The average Bonchev–Trinajstić information content (AvgIpc) is 2.46. The number of nitrogens with two attached hydrogens (primary N) is 1. The fraction of sp³-hybridized carbons (Fsp3) is 0.467. The summed E-state index contributed by atoms with van der Waals surface area (Å²) >= 11 is 0. The van der Waals surface area contributed by atoms with Crippen molar-refractivity contribution in [3.05, 3.63) is 23.8 Å². The second-order valence-corrected chi connectivity index (χ2v) is 4.85. The molecule has 1 rings (SSSR count). The second kappa shape index (κ2) is 7.52. The molecule has 0 saturated carbocycles. The molecule has 0 aromatic heterocycles. The summed E-state index contributed by atoms with van der Waals surface area (Å²) in [6, 6.07) is 5.19. The first-order chi connectivity index (χ1) is 9.92. The summed E-state index contributed by atoms with van der Waals surface area (Å²) in [5.41, 5.74) is 7.47. The molecule has 1 aromatic rings. The van der Waals surface area contributed by atoms with Gasteiger partial charge in [0.25, 0.3) is 0 Å². The number of nitrogens with zero attached hydrogens (tertiary/aromatic N) is 1. The van der Waals surface area contributed by atoms with Crippen LogP contribution in [-0.4, -0.2) is 39.1 Å². The molecular weight excluding hydrogens is 270 g/mol. The third-order valence-electron chi connectivity index (χ3n) is 3.23. The van der Waals surface area contributed by atoms with E-state index in [9.17, 15) is 9.59 Å². The summed E-state index contributed by atoms with van der Waals surface area (Å²) in [5, 5.41) is 2.61. The number of rotatable bonds is 6. The van der Waals surface area contributed by atoms with E-state index in [-0.39, 0.29) is 11.8 Å². The number of para-hydroxylation sites is 1. The second-order valence-electron chi connectivity index (χ2n) is 4.85. The lowest BCUT2D eigenvalue weighted by molar-refractivity contribution is -0.123. The fourth-order valence-corrected chi connectivity index (χ4v) is 2.11. The van der Waals surface area contributed by atoms with E-state index in [1.807, 2.05) is 24.9 Å². The lowest BCUT2D eigenvalue weighted by Gasteiger charge is -2.24. The first-order valence-electron chi connectivity index (χ1n) is 6.90. The molecule has 0 aliphatic carbocycles. The van der Waals surface area contributed by atoms with Gasteiger partial charge in [0.05, 0.1) is 29.5 Å². The molecule has 1 aromatic carbocycles. The first-order valence-corrected chi connectivity index (χ1v) is 6.90. The van der Waals surface area contributed by atoms with Crippen molar-refractivity contribution in [2.45, 2.75) is 13.8 Å². The van der Waals surface area contributed by atoms with Gasteiger partial charge in [-0.1, -0.05) is 13.0 Å². The Morgan fingerprint density at radius 3 is 2.67 bits per heavy atom. The molecule has 0 heterocycles. The van der Waals surface area contributed by atoms with Crippen molar-refractivity contribution in [2.75, 3.05) is 37.9 Å². The Bertz CT molecular complexity index is 517. The molecule has 0 aliphatic heterocycles. The lowest BCUT2D eigenvalue weighted by atomic mass is 10.1. The molecule has 0 spiro atoms. The van der Waals surface area contributed by atoms with Gasteiger partial charge in [-0.25, -0.2) is 4.79 Å². The van der Waals surface area contributed by atoms with Crippen LogP contribution in [-0.2, 0) is 9.53 Å². The minimum Gasteiger partial charge on any atom is -0.462 e. The summed E-state index contributed by atoms with van der Waals surface area (Å²) in [5.74, 6) is -0.669. The highest BCUT2D eigenvalue weighted by atomic mass is 16.5. The van der Waals surface area contributed by atoms with Gasteiger partial charge in [-0.3, -0.25) is 4.79 Å². The van der Waals surface area contributed by atoms with Gasteiger partial charge in [-0.2, -0.15) is 0 Å². The zero-order chi connectivity index (χ0) is 16.0. The predicted molar refractivity (Wildman–Crippen MR) is 83.3 cm³/mol. The molecule has 21 heavy (non-hydrogen) atoms. The van der Waals surface area contributed by atoms with Gasteiger partial charge in [0.1, 0.15) is 0 Å². The van der Waals surface area contributed by atoms with Crippen molar-refractivity contribution >= 4 is 23.3 Å². The molecule has 6 nitrogen and oxygen atoms in total. The summed E-state index contributed by atoms with van der Waals surface area (Å²) in [7, 11) is 3.44. The molecule has 0 saturated heterocycles. The molecular formula is C15H23N3O3.